The van der Waals surface area contributed by atoms with Gasteiger partial charge in [0.1, 0.15) is 0 Å². The molecular formula is C14H16. The minimum atomic E-state index is -0.107. The number of hydrogen-bond acceptors (Lipinski definition) is 0. The van der Waals surface area contributed by atoms with Gasteiger partial charge in [0.25, 0.3) is 0 Å². The van der Waals surface area contributed by atoms with Crippen LogP contribution >= 0.6 is 0 Å². The lowest BCUT2D eigenvalue weighted by Crippen LogP contribution is -2.01. The predicted octanol–water partition coefficient (Wildman–Crippen LogP) is 3.56. The normalized spacial score (nSPS) is 10.2. The highest BCUT2D eigenvalue weighted by atomic mass is 14.1. The molecule has 0 N–H and O–H groups in total. The van der Waals surface area contributed by atoms with E-state index in [0.717, 1.165) is 5.56 Å². The fraction of sp³-hybridized carbons (Fsp3) is 0.286. The average molecular weight is 184 g/mol. The molecule has 0 aliphatic heterocycles. The Morgan fingerprint density at radius 2 is 2.07 bits per heavy atom. The summed E-state index contributed by atoms with van der Waals surface area (Å²) in [4.78, 5) is 0. The molecule has 0 fully saturated rings. The third-order valence-electron chi connectivity index (χ3n) is 2.06. The molecule has 1 aromatic carbocycles. The largest absolute Gasteiger partial charge is 0.102 e. The van der Waals surface area contributed by atoms with E-state index < -0.39 is 0 Å². The third kappa shape index (κ3) is 3.11. The summed E-state index contributed by atoms with van der Waals surface area (Å²) in [5, 5.41) is 0. The Morgan fingerprint density at radius 1 is 1.36 bits per heavy atom. The first-order chi connectivity index (χ1) is 6.53. The highest BCUT2D eigenvalue weighted by molar-refractivity contribution is 5.38. The SMILES string of the molecule is C=CC(C)(C)C#Cc1cccc(C)c1. The van der Waals surface area contributed by atoms with E-state index in [1.807, 2.05) is 18.2 Å². The fourth-order valence-electron chi connectivity index (χ4n) is 1.01. The number of hydrogen-bond donors (Lipinski definition) is 0. The van der Waals surface area contributed by atoms with Crippen LogP contribution in [-0.2, 0) is 0 Å². The summed E-state index contributed by atoms with van der Waals surface area (Å²) in [6.45, 7) is 9.95. The molecule has 72 valence electrons. The van der Waals surface area contributed by atoms with Crippen LogP contribution in [-0.4, -0.2) is 0 Å². The lowest BCUT2D eigenvalue weighted by molar-refractivity contribution is 0.657. The maximum absolute atomic E-state index is 3.76. The van der Waals surface area contributed by atoms with Crippen LogP contribution in [0, 0.1) is 24.2 Å². The Morgan fingerprint density at radius 3 is 2.64 bits per heavy atom. The van der Waals surface area contributed by atoms with Crippen molar-refractivity contribution in [3.8, 4) is 11.8 Å². The molecule has 0 heterocycles. The van der Waals surface area contributed by atoms with Gasteiger partial charge >= 0.3 is 0 Å². The molecule has 0 amide bonds. The van der Waals surface area contributed by atoms with Crippen molar-refractivity contribution in [3.05, 3.63) is 48.0 Å². The van der Waals surface area contributed by atoms with Crippen molar-refractivity contribution >= 4 is 0 Å². The molecule has 0 aliphatic carbocycles. The molecular weight excluding hydrogens is 168 g/mol. The molecule has 0 radical (unpaired) electrons. The Kier molecular flexibility index (Phi) is 3.14. The number of benzene rings is 1. The number of aryl methyl sites for hydroxylation is 1. The van der Waals surface area contributed by atoms with Gasteiger partial charge < -0.3 is 0 Å². The van der Waals surface area contributed by atoms with Crippen molar-refractivity contribution in [2.24, 2.45) is 5.41 Å². The van der Waals surface area contributed by atoms with Gasteiger partial charge in [0, 0.05) is 11.0 Å². The van der Waals surface area contributed by atoms with Crippen LogP contribution in [0.1, 0.15) is 25.0 Å². The molecule has 0 saturated heterocycles. The second kappa shape index (κ2) is 4.15. The summed E-state index contributed by atoms with van der Waals surface area (Å²) >= 11 is 0. The predicted molar refractivity (Wildman–Crippen MR) is 62.0 cm³/mol. The van der Waals surface area contributed by atoms with Gasteiger partial charge in [-0.2, -0.15) is 0 Å². The van der Waals surface area contributed by atoms with E-state index in [2.05, 4.69) is 51.3 Å². The van der Waals surface area contributed by atoms with Crippen LogP contribution in [0.4, 0.5) is 0 Å². The van der Waals surface area contributed by atoms with E-state index in [1.54, 1.807) is 0 Å². The van der Waals surface area contributed by atoms with Gasteiger partial charge in [-0.25, -0.2) is 0 Å². The van der Waals surface area contributed by atoms with Gasteiger partial charge in [-0.05, 0) is 38.5 Å². The van der Waals surface area contributed by atoms with Gasteiger partial charge in [0.15, 0.2) is 0 Å². The van der Waals surface area contributed by atoms with Crippen molar-refractivity contribution in [2.75, 3.05) is 0 Å². The van der Waals surface area contributed by atoms with Gasteiger partial charge in [0.05, 0.1) is 0 Å². The summed E-state index contributed by atoms with van der Waals surface area (Å²) in [5.41, 5.74) is 2.21. The maximum atomic E-state index is 3.76. The zero-order chi connectivity index (χ0) is 10.6. The van der Waals surface area contributed by atoms with Crippen molar-refractivity contribution in [3.63, 3.8) is 0 Å². The molecule has 0 aromatic heterocycles. The van der Waals surface area contributed by atoms with E-state index in [-0.39, 0.29) is 5.41 Å². The standard InChI is InChI=1S/C14H16/c1-5-14(3,4)10-9-13-8-6-7-12(2)11-13/h5-8,11H,1H2,2-4H3. The molecule has 1 rings (SSSR count). The highest BCUT2D eigenvalue weighted by Crippen LogP contribution is 2.14. The van der Waals surface area contributed by atoms with Crippen molar-refractivity contribution in [1.82, 2.24) is 0 Å². The van der Waals surface area contributed by atoms with Crippen LogP contribution in [0.5, 0.6) is 0 Å². The molecule has 0 heteroatoms. The van der Waals surface area contributed by atoms with Gasteiger partial charge in [0.2, 0.25) is 0 Å². The van der Waals surface area contributed by atoms with Crippen molar-refractivity contribution < 1.29 is 0 Å². The van der Waals surface area contributed by atoms with E-state index in [9.17, 15) is 0 Å². The molecule has 0 atom stereocenters. The van der Waals surface area contributed by atoms with Gasteiger partial charge in [-0.1, -0.05) is 30.0 Å². The number of rotatable bonds is 1. The first-order valence-corrected chi connectivity index (χ1v) is 4.77. The van der Waals surface area contributed by atoms with Crippen LogP contribution in [0.2, 0.25) is 0 Å². The monoisotopic (exact) mass is 184 g/mol. The molecule has 0 aliphatic rings. The second-order valence-corrected chi connectivity index (χ2v) is 4.05. The summed E-state index contributed by atoms with van der Waals surface area (Å²) in [7, 11) is 0. The minimum absolute atomic E-state index is 0.107. The molecule has 1 aromatic rings. The maximum Gasteiger partial charge on any atom is 0.0438 e. The Labute approximate surface area is 86.7 Å². The zero-order valence-corrected chi connectivity index (χ0v) is 9.09. The van der Waals surface area contributed by atoms with Crippen molar-refractivity contribution in [2.45, 2.75) is 20.8 Å². The topological polar surface area (TPSA) is 0 Å². The average Bonchev–Trinajstić information content (AvgIpc) is 2.15. The Hall–Kier alpha value is -1.48. The van der Waals surface area contributed by atoms with E-state index >= 15 is 0 Å². The van der Waals surface area contributed by atoms with E-state index in [0.29, 0.717) is 0 Å². The summed E-state index contributed by atoms with van der Waals surface area (Å²) in [6.07, 6.45) is 1.87. The first-order valence-electron chi connectivity index (χ1n) is 4.77. The Bertz CT molecular complexity index is 386. The fourth-order valence-corrected chi connectivity index (χ4v) is 1.01. The number of allylic oxidation sites excluding steroid dienone is 1. The molecule has 14 heavy (non-hydrogen) atoms. The van der Waals surface area contributed by atoms with Crippen LogP contribution in [0.25, 0.3) is 0 Å². The quantitative estimate of drug-likeness (QED) is 0.462. The van der Waals surface area contributed by atoms with E-state index in [1.165, 1.54) is 5.56 Å². The Balaban J connectivity index is 2.93. The zero-order valence-electron chi connectivity index (χ0n) is 9.09. The summed E-state index contributed by atoms with van der Waals surface area (Å²) < 4.78 is 0. The van der Waals surface area contributed by atoms with Crippen molar-refractivity contribution in [1.29, 1.82) is 0 Å². The molecule has 0 spiro atoms. The summed E-state index contributed by atoms with van der Waals surface area (Å²) in [5.74, 6) is 6.34. The van der Waals surface area contributed by atoms with Crippen LogP contribution in [0.15, 0.2) is 36.9 Å². The van der Waals surface area contributed by atoms with Gasteiger partial charge in [-0.15, -0.1) is 6.58 Å². The van der Waals surface area contributed by atoms with Crippen LogP contribution in [0.3, 0.4) is 0 Å². The summed E-state index contributed by atoms with van der Waals surface area (Å²) in [6, 6.07) is 8.22. The van der Waals surface area contributed by atoms with E-state index in [4.69, 9.17) is 0 Å². The lowest BCUT2D eigenvalue weighted by atomic mass is 9.94. The minimum Gasteiger partial charge on any atom is -0.102 e. The lowest BCUT2D eigenvalue weighted by Gasteiger charge is -2.09. The second-order valence-electron chi connectivity index (χ2n) is 4.05. The molecule has 0 nitrogen and oxygen atoms in total. The highest BCUT2D eigenvalue weighted by Gasteiger charge is 2.06. The van der Waals surface area contributed by atoms with Crippen LogP contribution < -0.4 is 0 Å². The third-order valence-corrected chi connectivity index (χ3v) is 2.06. The molecule has 0 unspecified atom stereocenters. The molecule has 0 bridgehead atoms. The van der Waals surface area contributed by atoms with Gasteiger partial charge in [-0.3, -0.25) is 0 Å². The smallest absolute Gasteiger partial charge is 0.0438 e. The first kappa shape index (κ1) is 10.6. The molecule has 0 saturated carbocycles.